The molecule has 1 saturated heterocycles. The van der Waals surface area contributed by atoms with Crippen LogP contribution in [0.15, 0.2) is 5.16 Å². The van der Waals surface area contributed by atoms with Gasteiger partial charge in [0.25, 0.3) is 0 Å². The minimum atomic E-state index is -0.152. The summed E-state index contributed by atoms with van der Waals surface area (Å²) in [6.07, 6.45) is 4.45. The van der Waals surface area contributed by atoms with E-state index in [1.807, 2.05) is 25.3 Å². The van der Waals surface area contributed by atoms with E-state index < -0.39 is 0 Å². The molecule has 1 amide bonds. The smallest absolute Gasteiger partial charge is 0.235 e. The van der Waals surface area contributed by atoms with Crippen LogP contribution >= 0.6 is 11.8 Å². The molecule has 1 atom stereocenters. The molecule has 3 heterocycles. The van der Waals surface area contributed by atoms with Gasteiger partial charge in [-0.25, -0.2) is 0 Å². The lowest BCUT2D eigenvalue weighted by Gasteiger charge is -2.16. The summed E-state index contributed by atoms with van der Waals surface area (Å²) in [7, 11) is 0. The highest BCUT2D eigenvalue weighted by Gasteiger charge is 2.29. The van der Waals surface area contributed by atoms with E-state index >= 15 is 0 Å². The van der Waals surface area contributed by atoms with Gasteiger partial charge in [0, 0.05) is 18.3 Å². The van der Waals surface area contributed by atoms with Gasteiger partial charge in [-0.2, -0.15) is 5.26 Å². The standard InChI is InChI=1S/C20H26N6O2S/c1-12-13(2)25(10-16-5-4-8-28-16)19(17(12)9-21)22-18(27)11-29-20-24-23-14(3)26(20)15-6-7-15/h15-16H,4-8,10-11H2,1-3H3,(H,22,27)/t16-/m1/s1. The average molecular weight is 415 g/mol. The summed E-state index contributed by atoms with van der Waals surface area (Å²) in [6, 6.07) is 2.72. The number of hydrogen-bond donors (Lipinski definition) is 1. The Kier molecular flexibility index (Phi) is 5.65. The van der Waals surface area contributed by atoms with Crippen LogP contribution in [0.2, 0.25) is 0 Å². The van der Waals surface area contributed by atoms with Crippen molar-refractivity contribution < 1.29 is 9.53 Å². The zero-order chi connectivity index (χ0) is 20.5. The first-order chi connectivity index (χ1) is 14.0. The number of rotatable bonds is 7. The second kappa shape index (κ2) is 8.20. The van der Waals surface area contributed by atoms with Crippen LogP contribution in [0, 0.1) is 32.1 Å². The third kappa shape index (κ3) is 4.05. The molecule has 2 aromatic heterocycles. The highest BCUT2D eigenvalue weighted by atomic mass is 32.2. The van der Waals surface area contributed by atoms with Crippen molar-refractivity contribution in [2.24, 2.45) is 0 Å². The van der Waals surface area contributed by atoms with E-state index in [0.717, 1.165) is 54.5 Å². The van der Waals surface area contributed by atoms with Gasteiger partial charge < -0.3 is 19.2 Å². The van der Waals surface area contributed by atoms with Crippen molar-refractivity contribution in [3.05, 3.63) is 22.6 Å². The molecule has 0 spiro atoms. The number of nitriles is 1. The lowest BCUT2D eigenvalue weighted by Crippen LogP contribution is -2.22. The molecule has 29 heavy (non-hydrogen) atoms. The molecule has 1 N–H and O–H groups in total. The topological polar surface area (TPSA) is 97.8 Å². The lowest BCUT2D eigenvalue weighted by atomic mass is 10.2. The Bertz CT molecular complexity index is 963. The van der Waals surface area contributed by atoms with Crippen molar-refractivity contribution in [3.63, 3.8) is 0 Å². The molecular weight excluding hydrogens is 388 g/mol. The molecule has 2 aromatic rings. The predicted molar refractivity (Wildman–Crippen MR) is 110 cm³/mol. The third-order valence-corrected chi connectivity index (χ3v) is 6.63. The van der Waals surface area contributed by atoms with Gasteiger partial charge in [0.05, 0.1) is 24.0 Å². The minimum absolute atomic E-state index is 0.122. The van der Waals surface area contributed by atoms with Crippen molar-refractivity contribution >= 4 is 23.5 Å². The van der Waals surface area contributed by atoms with Crippen LogP contribution < -0.4 is 5.32 Å². The Balaban J connectivity index is 1.48. The van der Waals surface area contributed by atoms with Gasteiger partial charge in [0.15, 0.2) is 5.16 Å². The van der Waals surface area contributed by atoms with Gasteiger partial charge in [0.1, 0.15) is 17.7 Å². The van der Waals surface area contributed by atoms with E-state index in [1.165, 1.54) is 11.8 Å². The average Bonchev–Trinajstić information content (AvgIpc) is 3.19. The fourth-order valence-corrected chi connectivity index (χ4v) is 4.70. The van der Waals surface area contributed by atoms with Crippen molar-refractivity contribution in [2.75, 3.05) is 17.7 Å². The Morgan fingerprint density at radius 2 is 2.10 bits per heavy atom. The summed E-state index contributed by atoms with van der Waals surface area (Å²) < 4.78 is 9.90. The molecule has 0 unspecified atom stereocenters. The third-order valence-electron chi connectivity index (χ3n) is 5.69. The number of carbonyl (C=O) groups excluding carboxylic acids is 1. The van der Waals surface area contributed by atoms with E-state index in [1.54, 1.807) is 0 Å². The maximum Gasteiger partial charge on any atom is 0.235 e. The molecule has 1 saturated carbocycles. The summed E-state index contributed by atoms with van der Waals surface area (Å²) in [5.74, 6) is 1.53. The van der Waals surface area contributed by atoms with E-state index in [4.69, 9.17) is 4.74 Å². The zero-order valence-electron chi connectivity index (χ0n) is 17.1. The number of thioether (sulfide) groups is 1. The number of aromatic nitrogens is 4. The van der Waals surface area contributed by atoms with Gasteiger partial charge in [-0.05, 0) is 52.0 Å². The Labute approximate surface area is 174 Å². The largest absolute Gasteiger partial charge is 0.376 e. The Morgan fingerprint density at radius 3 is 2.76 bits per heavy atom. The van der Waals surface area contributed by atoms with Gasteiger partial charge in [-0.3, -0.25) is 4.79 Å². The van der Waals surface area contributed by atoms with Crippen LogP contribution in [-0.2, 0) is 16.1 Å². The fraction of sp³-hybridized carbons (Fsp3) is 0.600. The molecule has 0 aromatic carbocycles. The molecule has 1 aliphatic heterocycles. The first-order valence-electron chi connectivity index (χ1n) is 10.0. The van der Waals surface area contributed by atoms with Crippen LogP contribution in [0.25, 0.3) is 0 Å². The number of anilines is 1. The number of aryl methyl sites for hydroxylation is 1. The molecule has 8 nitrogen and oxygen atoms in total. The molecule has 4 rings (SSSR count). The summed E-state index contributed by atoms with van der Waals surface area (Å²) >= 11 is 1.39. The first-order valence-corrected chi connectivity index (χ1v) is 11.0. The molecule has 9 heteroatoms. The van der Waals surface area contributed by atoms with E-state index in [-0.39, 0.29) is 17.8 Å². The van der Waals surface area contributed by atoms with Gasteiger partial charge in [0.2, 0.25) is 5.91 Å². The second-order valence-electron chi connectivity index (χ2n) is 7.76. The summed E-state index contributed by atoms with van der Waals surface area (Å²) in [6.45, 7) is 7.26. The van der Waals surface area contributed by atoms with Crippen LogP contribution in [-0.4, -0.2) is 43.7 Å². The highest BCUT2D eigenvalue weighted by Crippen LogP contribution is 2.38. The quantitative estimate of drug-likeness (QED) is 0.699. The van der Waals surface area contributed by atoms with Crippen LogP contribution in [0.5, 0.6) is 0 Å². The second-order valence-corrected chi connectivity index (χ2v) is 8.70. The zero-order valence-corrected chi connectivity index (χ0v) is 17.9. The molecule has 1 aliphatic carbocycles. The Morgan fingerprint density at radius 1 is 1.31 bits per heavy atom. The number of nitrogens with one attached hydrogen (secondary N) is 1. The Hall–Kier alpha value is -2.31. The summed E-state index contributed by atoms with van der Waals surface area (Å²) in [5, 5.41) is 21.8. The van der Waals surface area contributed by atoms with Crippen LogP contribution in [0.3, 0.4) is 0 Å². The maximum absolute atomic E-state index is 12.7. The molecule has 154 valence electrons. The van der Waals surface area contributed by atoms with Gasteiger partial charge in [-0.1, -0.05) is 11.8 Å². The molecular formula is C20H26N6O2S. The monoisotopic (exact) mass is 414 g/mol. The lowest BCUT2D eigenvalue weighted by molar-refractivity contribution is -0.113. The highest BCUT2D eigenvalue weighted by molar-refractivity contribution is 7.99. The minimum Gasteiger partial charge on any atom is -0.376 e. The maximum atomic E-state index is 12.7. The molecule has 2 aliphatic rings. The van der Waals surface area contributed by atoms with Crippen LogP contribution in [0.4, 0.5) is 5.82 Å². The van der Waals surface area contributed by atoms with E-state index in [2.05, 4.69) is 26.2 Å². The molecule has 0 radical (unpaired) electrons. The molecule has 2 fully saturated rings. The number of carbonyl (C=O) groups is 1. The number of amides is 1. The first kappa shape index (κ1) is 20.0. The van der Waals surface area contributed by atoms with Crippen molar-refractivity contribution in [3.8, 4) is 6.07 Å². The normalized spacial score (nSPS) is 18.8. The van der Waals surface area contributed by atoms with Crippen molar-refractivity contribution in [2.45, 2.75) is 70.3 Å². The number of hydrogen-bond acceptors (Lipinski definition) is 6. The summed E-state index contributed by atoms with van der Waals surface area (Å²) in [4.78, 5) is 12.7. The fourth-order valence-electron chi connectivity index (χ4n) is 3.85. The SMILES string of the molecule is Cc1c(C#N)c(NC(=O)CSc2nnc(C)n2C2CC2)n(C[C@H]2CCCO2)c1C. The van der Waals surface area contributed by atoms with Crippen molar-refractivity contribution in [1.29, 1.82) is 5.26 Å². The van der Waals surface area contributed by atoms with E-state index in [0.29, 0.717) is 24.0 Å². The predicted octanol–water partition coefficient (Wildman–Crippen LogP) is 3.12. The van der Waals surface area contributed by atoms with Crippen molar-refractivity contribution in [1.82, 2.24) is 19.3 Å². The van der Waals surface area contributed by atoms with Crippen LogP contribution in [0.1, 0.15) is 54.4 Å². The van der Waals surface area contributed by atoms with Gasteiger partial charge in [-0.15, -0.1) is 10.2 Å². The summed E-state index contributed by atoms with van der Waals surface area (Å²) in [5.41, 5.74) is 2.41. The molecule has 0 bridgehead atoms. The number of nitrogens with zero attached hydrogens (tertiary/aromatic N) is 5. The van der Waals surface area contributed by atoms with Gasteiger partial charge >= 0.3 is 0 Å². The number of ether oxygens (including phenoxy) is 1. The van der Waals surface area contributed by atoms with E-state index in [9.17, 15) is 10.1 Å².